The summed E-state index contributed by atoms with van der Waals surface area (Å²) in [5.41, 5.74) is 0.852. The number of aromatic nitrogens is 2. The highest BCUT2D eigenvalue weighted by Crippen LogP contribution is 2.23. The zero-order valence-corrected chi connectivity index (χ0v) is 15.7. The minimum Gasteiger partial charge on any atom is -0.496 e. The van der Waals surface area contributed by atoms with Gasteiger partial charge in [-0.3, -0.25) is 0 Å². The number of methoxy groups -OCH3 is 1. The van der Waals surface area contributed by atoms with E-state index >= 15 is 0 Å². The maximum absolute atomic E-state index is 13.2. The van der Waals surface area contributed by atoms with Crippen molar-refractivity contribution >= 4 is 17.7 Å². The van der Waals surface area contributed by atoms with Gasteiger partial charge in [-0.1, -0.05) is 41.8 Å². The van der Waals surface area contributed by atoms with Crippen LogP contribution < -0.4 is 4.74 Å². The van der Waals surface area contributed by atoms with Crippen molar-refractivity contribution in [1.82, 2.24) is 10.2 Å². The zero-order valence-electron chi connectivity index (χ0n) is 14.8. The fraction of sp³-hybridized carbons (Fsp3) is 0.150. The van der Waals surface area contributed by atoms with E-state index in [0.29, 0.717) is 27.9 Å². The van der Waals surface area contributed by atoms with Crippen LogP contribution in [0.25, 0.3) is 11.5 Å². The van der Waals surface area contributed by atoms with Crippen LogP contribution in [-0.2, 0) is 4.74 Å². The largest absolute Gasteiger partial charge is 0.496 e. The number of para-hydroxylation sites is 1. The van der Waals surface area contributed by atoms with Crippen molar-refractivity contribution in [2.75, 3.05) is 19.5 Å². The van der Waals surface area contributed by atoms with Gasteiger partial charge in [-0.05, 0) is 30.3 Å². The zero-order chi connectivity index (χ0) is 19.8. The molecule has 0 aliphatic carbocycles. The normalized spacial score (nSPS) is 10.1. The van der Waals surface area contributed by atoms with Crippen LogP contribution in [0.5, 0.6) is 5.75 Å². The number of hydrogen-bond acceptors (Lipinski definition) is 7. The van der Waals surface area contributed by atoms with Crippen LogP contribution in [0.3, 0.4) is 0 Å². The summed E-state index contributed by atoms with van der Waals surface area (Å²) in [6.07, 6.45) is 0. The molecule has 0 aliphatic rings. The second kappa shape index (κ2) is 9.58. The third-order valence-corrected chi connectivity index (χ3v) is 4.17. The van der Waals surface area contributed by atoms with Gasteiger partial charge >= 0.3 is 5.97 Å². The van der Waals surface area contributed by atoms with Gasteiger partial charge in [-0.15, -0.1) is 10.2 Å². The van der Waals surface area contributed by atoms with Crippen molar-refractivity contribution in [2.45, 2.75) is 5.22 Å². The molecule has 8 heteroatoms. The van der Waals surface area contributed by atoms with Gasteiger partial charge < -0.3 is 13.9 Å². The van der Waals surface area contributed by atoms with E-state index in [-0.39, 0.29) is 18.3 Å². The molecule has 6 nitrogen and oxygen atoms in total. The summed E-state index contributed by atoms with van der Waals surface area (Å²) >= 11 is 1.23. The van der Waals surface area contributed by atoms with E-state index in [1.165, 1.54) is 31.0 Å². The van der Waals surface area contributed by atoms with E-state index in [1.54, 1.807) is 36.4 Å². The number of benzene rings is 2. The Kier molecular flexibility index (Phi) is 6.65. The molecule has 0 bridgehead atoms. The molecule has 0 unspecified atom stereocenters. The Morgan fingerprint density at radius 3 is 2.86 bits per heavy atom. The molecule has 0 saturated carbocycles. The highest BCUT2D eigenvalue weighted by Gasteiger charge is 2.12. The molecular formula is C20H15FN2O4S. The van der Waals surface area contributed by atoms with Crippen molar-refractivity contribution in [2.24, 2.45) is 0 Å². The van der Waals surface area contributed by atoms with Gasteiger partial charge in [0.25, 0.3) is 5.22 Å². The molecular weight excluding hydrogens is 383 g/mol. The fourth-order valence-electron chi connectivity index (χ4n) is 2.20. The average molecular weight is 398 g/mol. The standard InChI is InChI=1S/C20H15FN2O4S/c1-25-17-10-3-2-9-16(17)19(24)26-11-4-5-12-28-20-23-22-18(27-20)14-7-6-8-15(21)13-14/h2-3,6-10,13H,11-12H2,1H3. The van der Waals surface area contributed by atoms with E-state index in [2.05, 4.69) is 22.0 Å². The molecule has 0 saturated heterocycles. The first-order valence-corrected chi connectivity index (χ1v) is 9.14. The summed E-state index contributed by atoms with van der Waals surface area (Å²) in [6, 6.07) is 12.7. The van der Waals surface area contributed by atoms with Crippen LogP contribution in [0.4, 0.5) is 4.39 Å². The Bertz CT molecular complexity index is 1030. The van der Waals surface area contributed by atoms with Crippen molar-refractivity contribution in [3.8, 4) is 29.0 Å². The van der Waals surface area contributed by atoms with E-state index in [0.717, 1.165) is 0 Å². The maximum Gasteiger partial charge on any atom is 0.342 e. The summed E-state index contributed by atoms with van der Waals surface area (Å²) in [5, 5.41) is 8.09. The second-order valence-electron chi connectivity index (χ2n) is 5.30. The Balaban J connectivity index is 1.46. The summed E-state index contributed by atoms with van der Waals surface area (Å²) in [4.78, 5) is 12.0. The van der Waals surface area contributed by atoms with Gasteiger partial charge in [0.1, 0.15) is 17.1 Å². The first kappa shape index (κ1) is 19.5. The average Bonchev–Trinajstić information content (AvgIpc) is 3.19. The Morgan fingerprint density at radius 1 is 1.18 bits per heavy atom. The highest BCUT2D eigenvalue weighted by molar-refractivity contribution is 7.99. The fourth-order valence-corrected chi connectivity index (χ4v) is 2.73. The number of carbonyl (C=O) groups is 1. The van der Waals surface area contributed by atoms with Gasteiger partial charge in [-0.25, -0.2) is 9.18 Å². The number of ether oxygens (including phenoxy) is 2. The second-order valence-corrected chi connectivity index (χ2v) is 6.23. The van der Waals surface area contributed by atoms with E-state index in [9.17, 15) is 9.18 Å². The van der Waals surface area contributed by atoms with Crippen molar-refractivity contribution in [3.63, 3.8) is 0 Å². The molecule has 0 atom stereocenters. The van der Waals surface area contributed by atoms with Crippen LogP contribution in [0.15, 0.2) is 58.2 Å². The molecule has 28 heavy (non-hydrogen) atoms. The lowest BCUT2D eigenvalue weighted by Gasteiger charge is -2.06. The predicted molar refractivity (Wildman–Crippen MR) is 101 cm³/mol. The molecule has 0 N–H and O–H groups in total. The molecule has 142 valence electrons. The smallest absolute Gasteiger partial charge is 0.342 e. The van der Waals surface area contributed by atoms with E-state index in [1.807, 2.05) is 0 Å². The molecule has 2 aromatic carbocycles. The minimum atomic E-state index is -0.504. The van der Waals surface area contributed by atoms with Gasteiger partial charge in [0.05, 0.1) is 12.9 Å². The number of rotatable bonds is 6. The number of hydrogen-bond donors (Lipinski definition) is 0. The van der Waals surface area contributed by atoms with E-state index < -0.39 is 5.97 Å². The van der Waals surface area contributed by atoms with Gasteiger partial charge in [0.15, 0.2) is 6.61 Å². The predicted octanol–water partition coefficient (Wildman–Crippen LogP) is 3.84. The number of esters is 1. The molecule has 1 aromatic heterocycles. The van der Waals surface area contributed by atoms with Crippen molar-refractivity contribution in [3.05, 3.63) is 59.9 Å². The molecule has 0 radical (unpaired) electrons. The number of thioether (sulfide) groups is 1. The minimum absolute atomic E-state index is 0.0458. The number of halogens is 1. The third-order valence-electron chi connectivity index (χ3n) is 3.47. The third kappa shape index (κ3) is 5.11. The van der Waals surface area contributed by atoms with Crippen LogP contribution in [0, 0.1) is 17.7 Å². The Labute approximate surface area is 165 Å². The lowest BCUT2D eigenvalue weighted by atomic mass is 10.2. The van der Waals surface area contributed by atoms with E-state index in [4.69, 9.17) is 13.9 Å². The van der Waals surface area contributed by atoms with Gasteiger partial charge in [0.2, 0.25) is 5.89 Å². The first-order chi connectivity index (χ1) is 13.7. The van der Waals surface area contributed by atoms with Gasteiger partial charge in [-0.2, -0.15) is 0 Å². The summed E-state index contributed by atoms with van der Waals surface area (Å²) in [7, 11) is 1.49. The van der Waals surface area contributed by atoms with Gasteiger partial charge in [0, 0.05) is 5.56 Å². The summed E-state index contributed by atoms with van der Waals surface area (Å²) in [5.74, 6) is 5.76. The van der Waals surface area contributed by atoms with Crippen molar-refractivity contribution in [1.29, 1.82) is 0 Å². The lowest BCUT2D eigenvalue weighted by molar-refractivity contribution is 0.0553. The monoisotopic (exact) mass is 398 g/mol. The van der Waals surface area contributed by atoms with Crippen molar-refractivity contribution < 1.29 is 23.1 Å². The molecule has 0 spiro atoms. The molecule has 1 heterocycles. The molecule has 0 fully saturated rings. The highest BCUT2D eigenvalue weighted by atomic mass is 32.2. The van der Waals surface area contributed by atoms with Crippen LogP contribution in [0.1, 0.15) is 10.4 Å². The summed E-state index contributed by atoms with van der Waals surface area (Å²) < 4.78 is 28.9. The number of carbonyl (C=O) groups excluding carboxylic acids is 1. The quantitative estimate of drug-likeness (QED) is 0.355. The van der Waals surface area contributed by atoms with Crippen LogP contribution >= 0.6 is 11.8 Å². The molecule has 3 aromatic rings. The summed E-state index contributed by atoms with van der Waals surface area (Å²) in [6.45, 7) is -0.0458. The lowest BCUT2D eigenvalue weighted by Crippen LogP contribution is -2.07. The Morgan fingerprint density at radius 2 is 2.04 bits per heavy atom. The molecule has 0 aliphatic heterocycles. The molecule has 3 rings (SSSR count). The topological polar surface area (TPSA) is 74.5 Å². The van der Waals surface area contributed by atoms with Crippen LogP contribution in [-0.4, -0.2) is 35.6 Å². The maximum atomic E-state index is 13.2. The SMILES string of the molecule is COc1ccccc1C(=O)OCC#CCSc1nnc(-c2cccc(F)c2)o1. The van der Waals surface area contributed by atoms with Crippen LogP contribution in [0.2, 0.25) is 0 Å². The molecule has 0 amide bonds. The Hall–Kier alpha value is -3.31. The number of nitrogens with zero attached hydrogens (tertiary/aromatic N) is 2. The first-order valence-electron chi connectivity index (χ1n) is 8.15.